The van der Waals surface area contributed by atoms with Crippen molar-refractivity contribution in [2.75, 3.05) is 5.32 Å². The standard InChI is InChI=1S/C26H33ClF2N2O4/c1-14-5-7-19(18(27)9-14)30-20(32)12-16(6-8-21(33)34)23-22(25(28)29)24(35-31-23)17-10-15(11-17)13-26(2,3)4/h5,7,9,15-17,25H,6,8,10-13H2,1-4H3,(H,30,32)(H,33,34)/t15-,16-,17+/m0/s1. The first kappa shape index (κ1) is 27.1. The summed E-state index contributed by atoms with van der Waals surface area (Å²) < 4.78 is 33.8. The van der Waals surface area contributed by atoms with Crippen LogP contribution in [0.1, 0.15) is 100 Å². The Morgan fingerprint density at radius 2 is 1.97 bits per heavy atom. The molecule has 2 N–H and O–H groups in total. The number of amides is 1. The first-order valence-electron chi connectivity index (χ1n) is 11.9. The Morgan fingerprint density at radius 3 is 2.54 bits per heavy atom. The fourth-order valence-electron chi connectivity index (χ4n) is 4.89. The molecular weight excluding hydrogens is 478 g/mol. The molecule has 1 aliphatic rings. The van der Waals surface area contributed by atoms with Crippen LogP contribution in [-0.4, -0.2) is 22.1 Å². The van der Waals surface area contributed by atoms with E-state index in [4.69, 9.17) is 16.1 Å². The summed E-state index contributed by atoms with van der Waals surface area (Å²) in [7, 11) is 0. The summed E-state index contributed by atoms with van der Waals surface area (Å²) in [6, 6.07) is 5.14. The smallest absolute Gasteiger partial charge is 0.303 e. The number of halogens is 3. The SMILES string of the molecule is Cc1ccc(NC(=O)C[C@H](CCC(=O)O)c2noc([C@H]3C[C@@H](CC(C)(C)C)C3)c2C(F)F)c(Cl)c1. The molecule has 1 atom stereocenters. The number of rotatable bonds is 10. The molecule has 1 heterocycles. The number of carboxylic acids is 1. The summed E-state index contributed by atoms with van der Waals surface area (Å²) in [6.07, 6.45) is -0.874. The van der Waals surface area contributed by atoms with Crippen molar-refractivity contribution < 1.29 is 28.0 Å². The van der Waals surface area contributed by atoms with Gasteiger partial charge in [-0.3, -0.25) is 9.59 Å². The van der Waals surface area contributed by atoms with Crippen molar-refractivity contribution in [3.05, 3.63) is 45.8 Å². The van der Waals surface area contributed by atoms with E-state index in [1.807, 2.05) is 6.92 Å². The monoisotopic (exact) mass is 510 g/mol. The molecular formula is C26H33ClF2N2O4. The number of hydrogen-bond donors (Lipinski definition) is 2. The molecule has 9 heteroatoms. The molecule has 1 aliphatic carbocycles. The molecule has 1 aromatic heterocycles. The number of hydrogen-bond acceptors (Lipinski definition) is 4. The van der Waals surface area contributed by atoms with Gasteiger partial charge in [-0.05, 0) is 61.6 Å². The van der Waals surface area contributed by atoms with Gasteiger partial charge in [0.05, 0.1) is 22.0 Å². The fraction of sp³-hybridized carbons (Fsp3) is 0.577. The van der Waals surface area contributed by atoms with Gasteiger partial charge in [0.15, 0.2) is 0 Å². The molecule has 0 aliphatic heterocycles. The zero-order chi connectivity index (χ0) is 25.9. The second-order valence-corrected chi connectivity index (χ2v) is 11.2. The zero-order valence-corrected chi connectivity index (χ0v) is 21.3. The van der Waals surface area contributed by atoms with Crippen LogP contribution >= 0.6 is 11.6 Å². The molecule has 0 spiro atoms. The highest BCUT2D eigenvalue weighted by Crippen LogP contribution is 2.50. The van der Waals surface area contributed by atoms with E-state index in [9.17, 15) is 23.5 Å². The van der Waals surface area contributed by atoms with Gasteiger partial charge in [0.25, 0.3) is 6.43 Å². The molecule has 35 heavy (non-hydrogen) atoms. The third-order valence-electron chi connectivity index (χ3n) is 6.43. The maximum absolute atomic E-state index is 14.2. The molecule has 2 aromatic rings. The van der Waals surface area contributed by atoms with Crippen LogP contribution in [0.4, 0.5) is 14.5 Å². The zero-order valence-electron chi connectivity index (χ0n) is 20.5. The minimum atomic E-state index is -2.84. The van der Waals surface area contributed by atoms with E-state index in [0.29, 0.717) is 16.6 Å². The second kappa shape index (κ2) is 11.1. The number of anilines is 1. The lowest BCUT2D eigenvalue weighted by Gasteiger charge is -2.38. The Bertz CT molecular complexity index is 1060. The van der Waals surface area contributed by atoms with Gasteiger partial charge in [0.2, 0.25) is 5.91 Å². The fourth-order valence-corrected chi connectivity index (χ4v) is 5.18. The van der Waals surface area contributed by atoms with Crippen LogP contribution in [0.3, 0.4) is 0 Å². The summed E-state index contributed by atoms with van der Waals surface area (Å²) in [5.74, 6) is -1.92. The van der Waals surface area contributed by atoms with Crippen LogP contribution in [0.2, 0.25) is 5.02 Å². The highest BCUT2D eigenvalue weighted by Gasteiger charge is 2.40. The van der Waals surface area contributed by atoms with E-state index >= 15 is 0 Å². The van der Waals surface area contributed by atoms with Crippen molar-refractivity contribution in [3.8, 4) is 0 Å². The van der Waals surface area contributed by atoms with Crippen LogP contribution in [0.25, 0.3) is 0 Å². The average molecular weight is 511 g/mol. The van der Waals surface area contributed by atoms with E-state index in [2.05, 4.69) is 31.2 Å². The van der Waals surface area contributed by atoms with Crippen LogP contribution in [0.5, 0.6) is 0 Å². The summed E-state index contributed by atoms with van der Waals surface area (Å²) in [5, 5.41) is 16.2. The summed E-state index contributed by atoms with van der Waals surface area (Å²) in [4.78, 5) is 24.0. The summed E-state index contributed by atoms with van der Waals surface area (Å²) >= 11 is 6.19. The van der Waals surface area contributed by atoms with Gasteiger partial charge in [0.1, 0.15) is 5.76 Å². The number of nitrogens with zero attached hydrogens (tertiary/aromatic N) is 1. The molecule has 192 valence electrons. The molecule has 1 amide bonds. The third kappa shape index (κ3) is 7.26. The van der Waals surface area contributed by atoms with E-state index in [0.717, 1.165) is 24.8 Å². The summed E-state index contributed by atoms with van der Waals surface area (Å²) in [6.45, 7) is 8.32. The second-order valence-electron chi connectivity index (χ2n) is 10.8. The number of aliphatic carboxylic acids is 1. The van der Waals surface area contributed by atoms with E-state index < -0.39 is 24.2 Å². The lowest BCUT2D eigenvalue weighted by atomic mass is 9.67. The molecule has 1 fully saturated rings. The lowest BCUT2D eigenvalue weighted by Crippen LogP contribution is -2.26. The predicted octanol–water partition coefficient (Wildman–Crippen LogP) is 7.48. The third-order valence-corrected chi connectivity index (χ3v) is 6.75. The van der Waals surface area contributed by atoms with Crippen LogP contribution < -0.4 is 5.32 Å². The van der Waals surface area contributed by atoms with Gasteiger partial charge >= 0.3 is 5.97 Å². The number of aromatic nitrogens is 1. The molecule has 6 nitrogen and oxygen atoms in total. The molecule has 0 unspecified atom stereocenters. The van der Waals surface area contributed by atoms with Crippen LogP contribution in [0, 0.1) is 18.3 Å². The van der Waals surface area contributed by atoms with Crippen molar-refractivity contribution in [1.82, 2.24) is 5.16 Å². The number of carbonyl (C=O) groups is 2. The summed E-state index contributed by atoms with van der Waals surface area (Å²) in [5.41, 5.74) is 1.16. The van der Waals surface area contributed by atoms with Crippen molar-refractivity contribution in [3.63, 3.8) is 0 Å². The van der Waals surface area contributed by atoms with Gasteiger partial charge in [-0.2, -0.15) is 0 Å². The van der Waals surface area contributed by atoms with E-state index in [-0.39, 0.29) is 47.6 Å². The van der Waals surface area contributed by atoms with Crippen molar-refractivity contribution >= 4 is 29.2 Å². The number of aryl methyl sites for hydroxylation is 1. The highest BCUT2D eigenvalue weighted by molar-refractivity contribution is 6.33. The molecule has 0 radical (unpaired) electrons. The van der Waals surface area contributed by atoms with Crippen molar-refractivity contribution in [1.29, 1.82) is 0 Å². The Hall–Kier alpha value is -2.48. The molecule has 0 bridgehead atoms. The van der Waals surface area contributed by atoms with E-state index in [1.54, 1.807) is 18.2 Å². The normalized spacial score (nSPS) is 18.9. The first-order chi connectivity index (χ1) is 16.3. The van der Waals surface area contributed by atoms with Gasteiger partial charge in [-0.15, -0.1) is 0 Å². The van der Waals surface area contributed by atoms with Crippen LogP contribution in [-0.2, 0) is 9.59 Å². The topological polar surface area (TPSA) is 92.4 Å². The Labute approximate surface area is 209 Å². The Kier molecular flexibility index (Phi) is 8.57. The minimum Gasteiger partial charge on any atom is -0.481 e. The molecule has 0 saturated heterocycles. The number of carbonyl (C=O) groups excluding carboxylic acids is 1. The van der Waals surface area contributed by atoms with Crippen LogP contribution in [0.15, 0.2) is 22.7 Å². The predicted molar refractivity (Wildman–Crippen MR) is 130 cm³/mol. The molecule has 1 saturated carbocycles. The molecule has 1 aromatic carbocycles. The highest BCUT2D eigenvalue weighted by atomic mass is 35.5. The van der Waals surface area contributed by atoms with Gasteiger partial charge in [-0.25, -0.2) is 8.78 Å². The quantitative estimate of drug-likeness (QED) is 0.345. The lowest BCUT2D eigenvalue weighted by molar-refractivity contribution is -0.137. The van der Waals surface area contributed by atoms with E-state index in [1.165, 1.54) is 0 Å². The van der Waals surface area contributed by atoms with Gasteiger partial charge < -0.3 is 14.9 Å². The molecule has 3 rings (SSSR count). The Balaban J connectivity index is 1.80. The maximum Gasteiger partial charge on any atom is 0.303 e. The van der Waals surface area contributed by atoms with Gasteiger partial charge in [0, 0.05) is 24.7 Å². The number of alkyl halides is 2. The number of benzene rings is 1. The first-order valence-corrected chi connectivity index (χ1v) is 12.3. The van der Waals surface area contributed by atoms with Crippen molar-refractivity contribution in [2.45, 2.75) is 84.5 Å². The number of nitrogens with one attached hydrogen (secondary N) is 1. The van der Waals surface area contributed by atoms with Crippen molar-refractivity contribution in [2.24, 2.45) is 11.3 Å². The maximum atomic E-state index is 14.2. The Morgan fingerprint density at radius 1 is 1.29 bits per heavy atom. The number of carboxylic acid groups (broad SMARTS) is 1. The minimum absolute atomic E-state index is 0.0204. The van der Waals surface area contributed by atoms with Gasteiger partial charge in [-0.1, -0.05) is 43.6 Å². The average Bonchev–Trinajstić information content (AvgIpc) is 3.13. The largest absolute Gasteiger partial charge is 0.481 e.